The zero-order chi connectivity index (χ0) is 14.9. The van der Waals surface area contributed by atoms with Crippen LogP contribution in [0.2, 0.25) is 0 Å². The Hall–Kier alpha value is -0.930. The van der Waals surface area contributed by atoms with Crippen LogP contribution in [0.15, 0.2) is 24.3 Å². The molecule has 1 aromatic carbocycles. The number of piperidine rings is 1. The van der Waals surface area contributed by atoms with Crippen molar-refractivity contribution in [2.24, 2.45) is 17.8 Å². The average molecular weight is 302 g/mol. The summed E-state index contributed by atoms with van der Waals surface area (Å²) in [5.74, 6) is 2.51. The Morgan fingerprint density at radius 1 is 0.909 bits per heavy atom. The highest BCUT2D eigenvalue weighted by Gasteiger charge is 2.43. The molecule has 0 aromatic heterocycles. The van der Waals surface area contributed by atoms with Crippen molar-refractivity contribution in [1.29, 1.82) is 0 Å². The van der Waals surface area contributed by atoms with Crippen LogP contribution in [0.3, 0.4) is 0 Å². The SMILES string of the molecule is Fc1ccccc1C1CNC2NCC(C3CCCCC3)CC21. The minimum atomic E-state index is -0.0326. The van der Waals surface area contributed by atoms with E-state index in [1.807, 2.05) is 12.1 Å². The molecule has 4 atom stereocenters. The maximum absolute atomic E-state index is 14.2. The molecule has 0 spiro atoms. The molecule has 0 amide bonds. The van der Waals surface area contributed by atoms with E-state index in [0.29, 0.717) is 18.0 Å². The number of hydrogen-bond donors (Lipinski definition) is 2. The van der Waals surface area contributed by atoms with Crippen molar-refractivity contribution in [2.45, 2.75) is 50.6 Å². The molecule has 2 N–H and O–H groups in total. The normalized spacial score (nSPS) is 36.2. The van der Waals surface area contributed by atoms with Crippen molar-refractivity contribution in [1.82, 2.24) is 10.6 Å². The Labute approximate surface area is 132 Å². The first-order valence-electron chi connectivity index (χ1n) is 9.04. The van der Waals surface area contributed by atoms with Gasteiger partial charge in [-0.25, -0.2) is 4.39 Å². The van der Waals surface area contributed by atoms with E-state index in [1.165, 1.54) is 38.5 Å². The van der Waals surface area contributed by atoms with Crippen molar-refractivity contribution in [3.05, 3.63) is 35.6 Å². The molecule has 3 aliphatic rings. The Bertz CT molecular complexity index is 512. The molecule has 0 radical (unpaired) electrons. The second-order valence-electron chi connectivity index (χ2n) is 7.48. The summed E-state index contributed by atoms with van der Waals surface area (Å²) < 4.78 is 14.2. The summed E-state index contributed by atoms with van der Waals surface area (Å²) in [6.45, 7) is 2.05. The third-order valence-electron chi connectivity index (χ3n) is 6.30. The molecule has 4 rings (SSSR count). The molecule has 2 nitrogen and oxygen atoms in total. The number of fused-ring (bicyclic) bond motifs is 1. The van der Waals surface area contributed by atoms with Gasteiger partial charge in [-0.2, -0.15) is 0 Å². The fraction of sp³-hybridized carbons (Fsp3) is 0.684. The smallest absolute Gasteiger partial charge is 0.126 e. The van der Waals surface area contributed by atoms with E-state index in [2.05, 4.69) is 10.6 Å². The van der Waals surface area contributed by atoms with E-state index >= 15 is 0 Å². The predicted molar refractivity (Wildman–Crippen MR) is 87.1 cm³/mol. The van der Waals surface area contributed by atoms with Gasteiger partial charge in [0.05, 0.1) is 6.17 Å². The van der Waals surface area contributed by atoms with E-state index in [4.69, 9.17) is 0 Å². The van der Waals surface area contributed by atoms with Gasteiger partial charge in [0.2, 0.25) is 0 Å². The monoisotopic (exact) mass is 302 g/mol. The summed E-state index contributed by atoms with van der Waals surface area (Å²) in [5.41, 5.74) is 0.911. The number of hydrogen-bond acceptors (Lipinski definition) is 2. The molecule has 4 unspecified atom stereocenters. The number of rotatable bonds is 2. The van der Waals surface area contributed by atoms with E-state index in [9.17, 15) is 4.39 Å². The van der Waals surface area contributed by atoms with Crippen molar-refractivity contribution in [2.75, 3.05) is 13.1 Å². The standard InChI is InChI=1S/C19H27FN2/c20-18-9-5-4-8-15(18)17-12-22-19-16(17)10-14(11-21-19)13-6-2-1-3-7-13/h4-5,8-9,13-14,16-17,19,21-22H,1-3,6-7,10-12H2. The van der Waals surface area contributed by atoms with Gasteiger partial charge in [0, 0.05) is 12.5 Å². The van der Waals surface area contributed by atoms with Gasteiger partial charge < -0.3 is 10.6 Å². The summed E-state index contributed by atoms with van der Waals surface area (Å²) in [7, 11) is 0. The molecular formula is C19H27FN2. The molecule has 0 bridgehead atoms. The molecule has 1 saturated carbocycles. The average Bonchev–Trinajstić information content (AvgIpc) is 2.99. The first-order valence-corrected chi connectivity index (χ1v) is 9.04. The summed E-state index contributed by atoms with van der Waals surface area (Å²) in [5, 5.41) is 7.29. The van der Waals surface area contributed by atoms with Gasteiger partial charge in [-0.1, -0.05) is 50.3 Å². The van der Waals surface area contributed by atoms with E-state index in [0.717, 1.165) is 30.5 Å². The number of halogens is 1. The molecule has 3 fully saturated rings. The lowest BCUT2D eigenvalue weighted by atomic mass is 9.71. The van der Waals surface area contributed by atoms with Gasteiger partial charge in [0.15, 0.2) is 0 Å². The molecule has 120 valence electrons. The summed E-state index contributed by atoms with van der Waals surface area (Å²) in [4.78, 5) is 0. The highest BCUT2D eigenvalue weighted by molar-refractivity contribution is 5.25. The third kappa shape index (κ3) is 2.69. The quantitative estimate of drug-likeness (QED) is 0.871. The molecule has 1 aliphatic carbocycles. The van der Waals surface area contributed by atoms with Crippen LogP contribution in [0.5, 0.6) is 0 Å². The van der Waals surface area contributed by atoms with Crippen LogP contribution < -0.4 is 10.6 Å². The van der Waals surface area contributed by atoms with Crippen LogP contribution in [0, 0.1) is 23.6 Å². The largest absolute Gasteiger partial charge is 0.301 e. The highest BCUT2D eigenvalue weighted by Crippen LogP contribution is 2.42. The summed E-state index contributed by atoms with van der Waals surface area (Å²) in [6, 6.07) is 7.36. The molecule has 1 aromatic rings. The van der Waals surface area contributed by atoms with Crippen molar-refractivity contribution in [3.63, 3.8) is 0 Å². The number of benzene rings is 1. The van der Waals surface area contributed by atoms with Crippen LogP contribution in [-0.2, 0) is 0 Å². The van der Waals surface area contributed by atoms with Crippen LogP contribution in [0.25, 0.3) is 0 Å². The van der Waals surface area contributed by atoms with Crippen molar-refractivity contribution >= 4 is 0 Å². The van der Waals surface area contributed by atoms with Crippen LogP contribution in [0.4, 0.5) is 4.39 Å². The molecular weight excluding hydrogens is 275 g/mol. The third-order valence-corrected chi connectivity index (χ3v) is 6.30. The van der Waals surface area contributed by atoms with Gasteiger partial charge in [-0.15, -0.1) is 0 Å². The first kappa shape index (κ1) is 14.6. The molecule has 2 aliphatic heterocycles. The van der Waals surface area contributed by atoms with Crippen LogP contribution in [-0.4, -0.2) is 19.3 Å². The lowest BCUT2D eigenvalue weighted by Crippen LogP contribution is -2.50. The van der Waals surface area contributed by atoms with Crippen molar-refractivity contribution < 1.29 is 4.39 Å². The molecule has 22 heavy (non-hydrogen) atoms. The zero-order valence-corrected chi connectivity index (χ0v) is 13.2. The summed E-state index contributed by atoms with van der Waals surface area (Å²) in [6.07, 6.45) is 8.68. The predicted octanol–water partition coefficient (Wildman–Crippen LogP) is 3.64. The van der Waals surface area contributed by atoms with Gasteiger partial charge >= 0.3 is 0 Å². The molecule has 2 saturated heterocycles. The van der Waals surface area contributed by atoms with Gasteiger partial charge in [-0.3, -0.25) is 0 Å². The van der Waals surface area contributed by atoms with E-state index < -0.39 is 0 Å². The fourth-order valence-electron chi connectivity index (χ4n) is 5.11. The Kier molecular flexibility index (Phi) is 4.19. The second kappa shape index (κ2) is 6.29. The zero-order valence-electron chi connectivity index (χ0n) is 13.2. The lowest BCUT2D eigenvalue weighted by molar-refractivity contribution is 0.142. The Morgan fingerprint density at radius 2 is 1.68 bits per heavy atom. The van der Waals surface area contributed by atoms with Gasteiger partial charge in [0.1, 0.15) is 5.82 Å². The number of nitrogens with one attached hydrogen (secondary N) is 2. The minimum Gasteiger partial charge on any atom is -0.301 e. The van der Waals surface area contributed by atoms with Crippen LogP contribution in [0.1, 0.15) is 50.0 Å². The minimum absolute atomic E-state index is 0.0326. The van der Waals surface area contributed by atoms with Gasteiger partial charge in [-0.05, 0) is 42.3 Å². The van der Waals surface area contributed by atoms with E-state index in [-0.39, 0.29) is 5.82 Å². The summed E-state index contributed by atoms with van der Waals surface area (Å²) >= 11 is 0. The van der Waals surface area contributed by atoms with Crippen molar-refractivity contribution in [3.8, 4) is 0 Å². The highest BCUT2D eigenvalue weighted by atomic mass is 19.1. The maximum Gasteiger partial charge on any atom is 0.126 e. The first-order chi connectivity index (χ1) is 10.8. The second-order valence-corrected chi connectivity index (χ2v) is 7.48. The fourth-order valence-corrected chi connectivity index (χ4v) is 5.11. The maximum atomic E-state index is 14.2. The van der Waals surface area contributed by atoms with E-state index in [1.54, 1.807) is 12.1 Å². The Morgan fingerprint density at radius 3 is 2.50 bits per heavy atom. The molecule has 2 heterocycles. The topological polar surface area (TPSA) is 24.1 Å². The lowest BCUT2D eigenvalue weighted by Gasteiger charge is -2.40. The van der Waals surface area contributed by atoms with Gasteiger partial charge in [0.25, 0.3) is 0 Å². The van der Waals surface area contributed by atoms with Crippen LogP contribution >= 0.6 is 0 Å². The molecule has 3 heteroatoms. The Balaban J connectivity index is 1.51.